The van der Waals surface area contributed by atoms with Crippen molar-refractivity contribution in [2.75, 3.05) is 0 Å². The van der Waals surface area contributed by atoms with Gasteiger partial charge in [0.2, 0.25) is 5.78 Å². The number of ketones is 4. The normalized spacial score (nSPS) is 11.4. The van der Waals surface area contributed by atoms with E-state index in [0.717, 1.165) is 35.5 Å². The Hall–Kier alpha value is -2.74. The predicted octanol–water partition coefficient (Wildman–Crippen LogP) is 9.31. The number of Topliss-reactive ketones (excluding diaryl/α,β-unsaturated/α-hetero) is 4. The molecule has 2 aromatic carbocycles. The minimum absolute atomic E-state index is 0.134. The summed E-state index contributed by atoms with van der Waals surface area (Å²) in [5.41, 5.74) is 0.348. The van der Waals surface area contributed by atoms with Gasteiger partial charge in [-0.2, -0.15) is 13.2 Å². The van der Waals surface area contributed by atoms with Crippen molar-refractivity contribution in [2.24, 2.45) is 0 Å². The number of halogens is 3. The van der Waals surface area contributed by atoms with Crippen LogP contribution in [-0.4, -0.2) is 29.3 Å². The van der Waals surface area contributed by atoms with Crippen LogP contribution in [0, 0.1) is 0 Å². The lowest BCUT2D eigenvalue weighted by Gasteiger charge is -2.11. The van der Waals surface area contributed by atoms with Crippen LogP contribution >= 0.6 is 11.8 Å². The first-order chi connectivity index (χ1) is 19.6. The summed E-state index contributed by atoms with van der Waals surface area (Å²) in [5.74, 6) is -8.53. The second-order valence-electron chi connectivity index (χ2n) is 10.4. The van der Waals surface area contributed by atoms with Gasteiger partial charge in [-0.05, 0) is 48.7 Å². The monoisotopic (exact) mass is 590 g/mol. The van der Waals surface area contributed by atoms with Gasteiger partial charge in [-0.1, -0.05) is 120 Å². The van der Waals surface area contributed by atoms with E-state index in [-0.39, 0.29) is 5.56 Å². The molecule has 0 amide bonds. The molecule has 0 unspecified atom stereocenters. The fraction of sp³-hybridized carbons (Fsp3) is 0.515. The van der Waals surface area contributed by atoms with Crippen molar-refractivity contribution in [2.45, 2.75) is 119 Å². The summed E-state index contributed by atoms with van der Waals surface area (Å²) in [7, 11) is 0. The zero-order valence-corrected chi connectivity index (χ0v) is 24.7. The molecule has 0 aliphatic carbocycles. The van der Waals surface area contributed by atoms with E-state index in [2.05, 4.69) is 6.92 Å². The highest BCUT2D eigenvalue weighted by atomic mass is 32.2. The predicted molar refractivity (Wildman–Crippen MR) is 156 cm³/mol. The minimum atomic E-state index is -5.51. The van der Waals surface area contributed by atoms with Crippen LogP contribution in [0.1, 0.15) is 113 Å². The highest BCUT2D eigenvalue weighted by Gasteiger charge is 2.47. The van der Waals surface area contributed by atoms with E-state index in [4.69, 9.17) is 0 Å². The Bertz CT molecular complexity index is 1130. The zero-order valence-electron chi connectivity index (χ0n) is 23.9. The summed E-state index contributed by atoms with van der Waals surface area (Å²) in [6, 6.07) is 14.2. The number of carbonyl (C=O) groups excluding carboxylic acids is 4. The van der Waals surface area contributed by atoms with Crippen molar-refractivity contribution in [3.05, 3.63) is 59.7 Å². The van der Waals surface area contributed by atoms with Crippen molar-refractivity contribution in [1.82, 2.24) is 0 Å². The molecule has 0 radical (unpaired) electrons. The zero-order chi connectivity index (χ0) is 30.1. The van der Waals surface area contributed by atoms with Gasteiger partial charge in [0.1, 0.15) is 0 Å². The molecule has 41 heavy (non-hydrogen) atoms. The number of unbranched alkanes of at least 4 members (excludes halogenated alkanes) is 13. The number of hydrogen-bond donors (Lipinski definition) is 0. The van der Waals surface area contributed by atoms with E-state index in [0.29, 0.717) is 12.0 Å². The van der Waals surface area contributed by atoms with Crippen LogP contribution in [0.5, 0.6) is 0 Å². The molecule has 224 valence electrons. The fourth-order valence-corrected chi connectivity index (χ4v) is 5.56. The van der Waals surface area contributed by atoms with Crippen molar-refractivity contribution in [3.63, 3.8) is 0 Å². The van der Waals surface area contributed by atoms with Gasteiger partial charge >= 0.3 is 12.0 Å². The Balaban J connectivity index is 1.91. The van der Waals surface area contributed by atoms with Crippen LogP contribution in [0.2, 0.25) is 0 Å². The second-order valence-corrected chi connectivity index (χ2v) is 11.5. The molecular weight excluding hydrogens is 549 g/mol. The highest BCUT2D eigenvalue weighted by molar-refractivity contribution is 7.99. The maximum atomic E-state index is 12.8. The van der Waals surface area contributed by atoms with Gasteiger partial charge in [-0.3, -0.25) is 19.2 Å². The SMILES string of the molecule is CCCCCCCCCCCCCCCCc1cc(Sc2ccccc2)ccc1C(=O)C(=O)C(=O)C(=O)C(F)(F)F. The summed E-state index contributed by atoms with van der Waals surface area (Å²) in [6.45, 7) is 2.23. The van der Waals surface area contributed by atoms with Crippen LogP contribution < -0.4 is 0 Å². The molecule has 4 nitrogen and oxygen atoms in total. The number of hydrogen-bond acceptors (Lipinski definition) is 5. The first-order valence-corrected chi connectivity index (χ1v) is 15.6. The van der Waals surface area contributed by atoms with Gasteiger partial charge in [0.15, 0.2) is 0 Å². The van der Waals surface area contributed by atoms with Crippen molar-refractivity contribution < 1.29 is 32.3 Å². The molecule has 0 fully saturated rings. The van der Waals surface area contributed by atoms with E-state index >= 15 is 0 Å². The van der Waals surface area contributed by atoms with E-state index in [1.165, 1.54) is 82.0 Å². The number of benzene rings is 2. The third-order valence-electron chi connectivity index (χ3n) is 6.98. The lowest BCUT2D eigenvalue weighted by Crippen LogP contribution is -2.39. The molecule has 0 aromatic heterocycles. The molecule has 0 saturated carbocycles. The van der Waals surface area contributed by atoms with Crippen LogP contribution in [-0.2, 0) is 20.8 Å². The van der Waals surface area contributed by atoms with Gasteiger partial charge in [0, 0.05) is 15.4 Å². The Morgan fingerprint density at radius 3 is 1.66 bits per heavy atom. The minimum Gasteiger partial charge on any atom is -0.285 e. The van der Waals surface area contributed by atoms with Gasteiger partial charge < -0.3 is 0 Å². The van der Waals surface area contributed by atoms with E-state index < -0.39 is 29.3 Å². The molecule has 0 saturated heterocycles. The summed E-state index contributed by atoms with van der Waals surface area (Å²) >= 11 is 1.44. The molecule has 0 aliphatic rings. The molecule has 2 rings (SSSR count). The standard InChI is InChI=1S/C33H41F3O4S/c1-2-3-4-5-6-7-8-9-10-11-12-13-14-16-19-25-24-27(41-26-20-17-15-18-21-26)22-23-28(25)29(37)30(38)31(39)32(40)33(34,35)36/h15,17-18,20-24H,2-14,16,19H2,1H3. The molecule has 0 N–H and O–H groups in total. The topological polar surface area (TPSA) is 68.3 Å². The highest BCUT2D eigenvalue weighted by Crippen LogP contribution is 2.30. The van der Waals surface area contributed by atoms with Crippen LogP contribution in [0.3, 0.4) is 0 Å². The number of alkyl halides is 3. The maximum absolute atomic E-state index is 12.8. The molecular formula is C33H41F3O4S. The number of aryl methyl sites for hydroxylation is 1. The average molecular weight is 591 g/mol. The Labute approximate surface area is 245 Å². The Morgan fingerprint density at radius 1 is 0.634 bits per heavy atom. The number of rotatable bonds is 21. The molecule has 0 heterocycles. The summed E-state index contributed by atoms with van der Waals surface area (Å²) < 4.78 is 38.0. The van der Waals surface area contributed by atoms with E-state index in [9.17, 15) is 32.3 Å². The fourth-order valence-electron chi connectivity index (χ4n) is 4.65. The third kappa shape index (κ3) is 12.8. The van der Waals surface area contributed by atoms with Crippen molar-refractivity contribution >= 4 is 34.9 Å². The van der Waals surface area contributed by atoms with Crippen molar-refractivity contribution in [1.29, 1.82) is 0 Å². The third-order valence-corrected chi connectivity index (χ3v) is 7.97. The average Bonchev–Trinajstić information content (AvgIpc) is 2.96. The summed E-state index contributed by atoms with van der Waals surface area (Å²) in [6.07, 6.45) is 11.5. The van der Waals surface area contributed by atoms with Crippen LogP contribution in [0.4, 0.5) is 13.2 Å². The first kappa shape index (κ1) is 34.5. The van der Waals surface area contributed by atoms with Gasteiger partial charge in [0.05, 0.1) is 0 Å². The Kier molecular flexibility index (Phi) is 15.7. The maximum Gasteiger partial charge on any atom is 0.458 e. The summed E-state index contributed by atoms with van der Waals surface area (Å²) in [4.78, 5) is 49.8. The smallest absolute Gasteiger partial charge is 0.285 e. The molecule has 0 atom stereocenters. The summed E-state index contributed by atoms with van der Waals surface area (Å²) in [5, 5.41) is 0. The van der Waals surface area contributed by atoms with Crippen LogP contribution in [0.15, 0.2) is 58.3 Å². The van der Waals surface area contributed by atoms with Crippen molar-refractivity contribution in [3.8, 4) is 0 Å². The number of carbonyl (C=O) groups is 4. The molecule has 8 heteroatoms. The van der Waals surface area contributed by atoms with Gasteiger partial charge in [-0.15, -0.1) is 0 Å². The first-order valence-electron chi connectivity index (χ1n) is 14.8. The Morgan fingerprint density at radius 2 is 1.15 bits per heavy atom. The quantitative estimate of drug-likeness (QED) is 0.0627. The lowest BCUT2D eigenvalue weighted by molar-refractivity contribution is -0.174. The van der Waals surface area contributed by atoms with E-state index in [1.54, 1.807) is 12.1 Å². The largest absolute Gasteiger partial charge is 0.458 e. The molecule has 0 bridgehead atoms. The van der Waals surface area contributed by atoms with E-state index in [1.807, 2.05) is 30.3 Å². The van der Waals surface area contributed by atoms with Gasteiger partial charge in [-0.25, -0.2) is 0 Å². The molecule has 0 spiro atoms. The molecule has 2 aromatic rings. The second kappa shape index (κ2) is 18.6. The molecule has 0 aliphatic heterocycles. The lowest BCUT2D eigenvalue weighted by atomic mass is 9.94. The van der Waals surface area contributed by atoms with Gasteiger partial charge in [0.25, 0.3) is 11.6 Å². The van der Waals surface area contributed by atoms with Crippen LogP contribution in [0.25, 0.3) is 0 Å².